The van der Waals surface area contributed by atoms with E-state index >= 15 is 0 Å². The maximum absolute atomic E-state index is 9.02. The Labute approximate surface area is 164 Å². The fourth-order valence-electron chi connectivity index (χ4n) is 4.34. The van der Waals surface area contributed by atoms with Crippen LogP contribution in [0.15, 0.2) is 30.7 Å². The number of nitrogens with zero attached hydrogens (tertiary/aromatic N) is 6. The number of halogens is 1. The molecule has 0 radical (unpaired) electrons. The molecule has 2 fully saturated rings. The smallest absolute Gasteiger partial charge is 0.145 e. The Balaban J connectivity index is 1.29. The van der Waals surface area contributed by atoms with Crippen molar-refractivity contribution in [2.75, 3.05) is 36.0 Å². The van der Waals surface area contributed by atoms with Gasteiger partial charge in [-0.2, -0.15) is 5.26 Å². The number of anilines is 2. The van der Waals surface area contributed by atoms with E-state index in [1.165, 1.54) is 32.0 Å². The molecule has 27 heavy (non-hydrogen) atoms. The van der Waals surface area contributed by atoms with Gasteiger partial charge < -0.3 is 9.80 Å². The first-order valence-electron chi connectivity index (χ1n) is 9.56. The van der Waals surface area contributed by atoms with Crippen molar-refractivity contribution in [2.45, 2.75) is 25.7 Å². The molecule has 0 unspecified atom stereocenters. The second-order valence-corrected chi connectivity index (χ2v) is 7.79. The van der Waals surface area contributed by atoms with Crippen LogP contribution in [-0.2, 0) is 0 Å². The number of rotatable bonds is 3. The number of piperidine rings is 2. The molecule has 0 saturated carbocycles. The summed E-state index contributed by atoms with van der Waals surface area (Å²) in [7, 11) is 0. The van der Waals surface area contributed by atoms with Crippen LogP contribution in [0.25, 0.3) is 0 Å². The lowest BCUT2D eigenvalue weighted by Gasteiger charge is -2.40. The van der Waals surface area contributed by atoms with Crippen LogP contribution in [0.4, 0.5) is 11.6 Å². The van der Waals surface area contributed by atoms with E-state index in [2.05, 4.69) is 30.8 Å². The molecule has 2 aliphatic rings. The third kappa shape index (κ3) is 4.14. The Morgan fingerprint density at radius 3 is 2.07 bits per heavy atom. The maximum atomic E-state index is 9.02. The van der Waals surface area contributed by atoms with Gasteiger partial charge in [0.25, 0.3) is 0 Å². The number of hydrogen-bond acceptors (Lipinski definition) is 6. The Morgan fingerprint density at radius 2 is 1.52 bits per heavy atom. The van der Waals surface area contributed by atoms with Crippen molar-refractivity contribution < 1.29 is 0 Å². The summed E-state index contributed by atoms with van der Waals surface area (Å²) in [6, 6.07) is 7.81. The van der Waals surface area contributed by atoms with Gasteiger partial charge in [0.15, 0.2) is 0 Å². The Kier molecular flexibility index (Phi) is 5.40. The van der Waals surface area contributed by atoms with Gasteiger partial charge in [-0.05, 0) is 49.7 Å². The number of pyridine rings is 1. The van der Waals surface area contributed by atoms with Crippen LogP contribution in [0.1, 0.15) is 31.4 Å². The molecule has 0 spiro atoms. The minimum Gasteiger partial charge on any atom is -0.357 e. The van der Waals surface area contributed by atoms with E-state index < -0.39 is 0 Å². The van der Waals surface area contributed by atoms with Crippen molar-refractivity contribution in [1.29, 1.82) is 5.26 Å². The van der Waals surface area contributed by atoms with Gasteiger partial charge in [-0.15, -0.1) is 0 Å². The molecule has 4 rings (SSSR count). The van der Waals surface area contributed by atoms with Crippen LogP contribution in [0.3, 0.4) is 0 Å². The van der Waals surface area contributed by atoms with Crippen molar-refractivity contribution in [3.63, 3.8) is 0 Å². The first-order valence-corrected chi connectivity index (χ1v) is 9.94. The number of nitriles is 1. The van der Waals surface area contributed by atoms with E-state index in [0.717, 1.165) is 49.7 Å². The highest BCUT2D eigenvalue weighted by atomic mass is 35.5. The molecule has 0 aliphatic carbocycles. The van der Waals surface area contributed by atoms with Crippen LogP contribution in [0.5, 0.6) is 0 Å². The zero-order valence-electron chi connectivity index (χ0n) is 15.3. The minimum atomic E-state index is 0.435. The van der Waals surface area contributed by atoms with E-state index in [1.54, 1.807) is 12.3 Å². The molecule has 2 aromatic heterocycles. The van der Waals surface area contributed by atoms with Crippen molar-refractivity contribution in [2.24, 2.45) is 11.8 Å². The average Bonchev–Trinajstić information content (AvgIpc) is 2.75. The molecule has 2 aromatic rings. The quantitative estimate of drug-likeness (QED) is 0.808. The predicted molar refractivity (Wildman–Crippen MR) is 106 cm³/mol. The second kappa shape index (κ2) is 8.10. The van der Waals surface area contributed by atoms with Crippen LogP contribution < -0.4 is 9.80 Å². The lowest BCUT2D eigenvalue weighted by molar-refractivity contribution is 0.232. The monoisotopic (exact) mass is 382 g/mol. The van der Waals surface area contributed by atoms with Gasteiger partial charge in [-0.3, -0.25) is 0 Å². The Hall–Kier alpha value is -2.39. The fourth-order valence-corrected chi connectivity index (χ4v) is 4.45. The standard InChI is InChI=1S/C20H23ClN6/c21-17-1-2-19(23-13-17)26-7-3-15(4-8-26)16-5-9-27(10-6-16)20-11-18(12-22)24-14-25-20/h1-2,11,13-16H,3-10H2. The molecule has 4 heterocycles. The molecule has 6 nitrogen and oxygen atoms in total. The summed E-state index contributed by atoms with van der Waals surface area (Å²) in [5, 5.41) is 9.70. The molecule has 0 bridgehead atoms. The van der Waals surface area contributed by atoms with Gasteiger partial charge in [0.1, 0.15) is 29.7 Å². The summed E-state index contributed by atoms with van der Waals surface area (Å²) in [4.78, 5) is 17.4. The van der Waals surface area contributed by atoms with Gasteiger partial charge in [0, 0.05) is 38.4 Å². The van der Waals surface area contributed by atoms with Crippen LogP contribution in [0.2, 0.25) is 5.02 Å². The molecule has 0 aromatic carbocycles. The van der Waals surface area contributed by atoms with Crippen LogP contribution >= 0.6 is 11.6 Å². The second-order valence-electron chi connectivity index (χ2n) is 7.36. The summed E-state index contributed by atoms with van der Waals surface area (Å²) in [5.41, 5.74) is 0.435. The molecular weight excluding hydrogens is 360 g/mol. The first kappa shape index (κ1) is 18.0. The molecule has 0 amide bonds. The molecular formula is C20H23ClN6. The van der Waals surface area contributed by atoms with Crippen LogP contribution in [0, 0.1) is 23.2 Å². The zero-order valence-corrected chi connectivity index (χ0v) is 16.0. The summed E-state index contributed by atoms with van der Waals surface area (Å²) in [6.45, 7) is 4.14. The van der Waals surface area contributed by atoms with Gasteiger partial charge in [-0.25, -0.2) is 15.0 Å². The Bertz CT molecular complexity index is 802. The predicted octanol–water partition coefficient (Wildman–Crippen LogP) is 3.53. The third-order valence-corrected chi connectivity index (χ3v) is 6.10. The van der Waals surface area contributed by atoms with E-state index in [0.29, 0.717) is 10.7 Å². The zero-order chi connectivity index (χ0) is 18.6. The lowest BCUT2D eigenvalue weighted by atomic mass is 9.79. The topological polar surface area (TPSA) is 68.9 Å². The molecule has 7 heteroatoms. The number of aromatic nitrogens is 3. The van der Waals surface area contributed by atoms with E-state index in [4.69, 9.17) is 16.9 Å². The third-order valence-electron chi connectivity index (χ3n) is 5.87. The van der Waals surface area contributed by atoms with Gasteiger partial charge in [0.2, 0.25) is 0 Å². The summed E-state index contributed by atoms with van der Waals surface area (Å²) in [5.74, 6) is 3.47. The van der Waals surface area contributed by atoms with Gasteiger partial charge in [0.05, 0.1) is 5.02 Å². The summed E-state index contributed by atoms with van der Waals surface area (Å²) in [6.07, 6.45) is 8.04. The Morgan fingerprint density at radius 1 is 0.889 bits per heavy atom. The van der Waals surface area contributed by atoms with Crippen molar-refractivity contribution in [3.05, 3.63) is 41.4 Å². The van der Waals surface area contributed by atoms with E-state index in [-0.39, 0.29) is 0 Å². The number of hydrogen-bond donors (Lipinski definition) is 0. The van der Waals surface area contributed by atoms with Crippen molar-refractivity contribution in [1.82, 2.24) is 15.0 Å². The highest BCUT2D eigenvalue weighted by Gasteiger charge is 2.30. The van der Waals surface area contributed by atoms with Crippen molar-refractivity contribution >= 4 is 23.2 Å². The van der Waals surface area contributed by atoms with Gasteiger partial charge >= 0.3 is 0 Å². The maximum Gasteiger partial charge on any atom is 0.145 e. The lowest BCUT2D eigenvalue weighted by Crippen LogP contribution is -2.41. The van der Waals surface area contributed by atoms with E-state index in [1.807, 2.05) is 12.1 Å². The normalized spacial score (nSPS) is 19.1. The highest BCUT2D eigenvalue weighted by Crippen LogP contribution is 2.34. The highest BCUT2D eigenvalue weighted by molar-refractivity contribution is 6.30. The molecule has 140 valence electrons. The average molecular weight is 383 g/mol. The van der Waals surface area contributed by atoms with E-state index in [9.17, 15) is 0 Å². The molecule has 0 atom stereocenters. The molecule has 2 aliphatic heterocycles. The molecule has 2 saturated heterocycles. The minimum absolute atomic E-state index is 0.435. The van der Waals surface area contributed by atoms with Gasteiger partial charge in [-0.1, -0.05) is 11.6 Å². The summed E-state index contributed by atoms with van der Waals surface area (Å²) >= 11 is 5.94. The first-order chi connectivity index (χ1) is 13.2. The largest absolute Gasteiger partial charge is 0.357 e. The molecule has 0 N–H and O–H groups in total. The summed E-state index contributed by atoms with van der Waals surface area (Å²) < 4.78 is 0. The van der Waals surface area contributed by atoms with Crippen LogP contribution in [-0.4, -0.2) is 41.1 Å². The fraction of sp³-hybridized carbons (Fsp3) is 0.500. The SMILES string of the molecule is N#Cc1cc(N2CCC(C3CCN(c4ccc(Cl)cn4)CC3)CC2)ncn1. The van der Waals surface area contributed by atoms with Crippen molar-refractivity contribution in [3.8, 4) is 6.07 Å².